The van der Waals surface area contributed by atoms with Crippen LogP contribution in [-0.2, 0) is 6.54 Å². The van der Waals surface area contributed by atoms with E-state index in [0.717, 1.165) is 38.5 Å². The summed E-state index contributed by atoms with van der Waals surface area (Å²) in [4.78, 5) is 5.03. The van der Waals surface area contributed by atoms with Crippen LogP contribution in [0.1, 0.15) is 26.5 Å². The molecule has 4 nitrogen and oxygen atoms in total. The Bertz CT molecular complexity index is 375. The number of piperazine rings is 1. The lowest BCUT2D eigenvalue weighted by molar-refractivity contribution is 0.0206. The first-order chi connectivity index (χ1) is 8.99. The topological polar surface area (TPSA) is 31.7 Å². The van der Waals surface area contributed by atoms with Gasteiger partial charge in [-0.25, -0.2) is 0 Å². The van der Waals surface area contributed by atoms with Crippen LogP contribution in [0, 0.1) is 0 Å². The predicted molar refractivity (Wildman–Crippen MR) is 78.2 cm³/mol. The lowest BCUT2D eigenvalue weighted by Gasteiger charge is -2.47. The van der Waals surface area contributed by atoms with Gasteiger partial charge in [-0.2, -0.15) is 0 Å². The third-order valence-corrected chi connectivity index (χ3v) is 4.29. The summed E-state index contributed by atoms with van der Waals surface area (Å²) in [6, 6.07) is 4.50. The van der Waals surface area contributed by atoms with Crippen LogP contribution >= 0.6 is 0 Å². The minimum Gasteiger partial charge on any atom is -0.468 e. The molecule has 1 saturated heterocycles. The highest BCUT2D eigenvalue weighted by Gasteiger charge is 2.32. The fraction of sp³-hybridized carbons (Fsp3) is 0.733. The molecule has 2 heterocycles. The maximum atomic E-state index is 5.33. The predicted octanol–water partition coefficient (Wildman–Crippen LogP) is 1.78. The summed E-state index contributed by atoms with van der Waals surface area (Å²) in [6.45, 7) is 12.2. The fourth-order valence-corrected chi connectivity index (χ4v) is 2.60. The van der Waals surface area contributed by atoms with Crippen molar-refractivity contribution in [3.63, 3.8) is 0 Å². The molecule has 1 aromatic rings. The summed E-state index contributed by atoms with van der Waals surface area (Å²) in [5, 5.41) is 3.47. The number of rotatable bonds is 5. The number of furan rings is 1. The van der Waals surface area contributed by atoms with Gasteiger partial charge >= 0.3 is 0 Å². The highest BCUT2D eigenvalue weighted by Crippen LogP contribution is 2.20. The van der Waals surface area contributed by atoms with Crippen LogP contribution in [-0.4, -0.2) is 54.6 Å². The van der Waals surface area contributed by atoms with E-state index in [1.54, 1.807) is 6.26 Å². The fourth-order valence-electron chi connectivity index (χ4n) is 2.60. The van der Waals surface area contributed by atoms with Gasteiger partial charge in [0.15, 0.2) is 0 Å². The van der Waals surface area contributed by atoms with Gasteiger partial charge < -0.3 is 9.73 Å². The molecule has 0 radical (unpaired) electrons. The van der Waals surface area contributed by atoms with Crippen molar-refractivity contribution in [1.29, 1.82) is 0 Å². The molecule has 1 aliphatic heterocycles. The maximum absolute atomic E-state index is 5.33. The first-order valence-corrected chi connectivity index (χ1v) is 7.17. The molecule has 0 spiro atoms. The normalized spacial score (nSPS) is 22.5. The maximum Gasteiger partial charge on any atom is 0.117 e. The van der Waals surface area contributed by atoms with E-state index in [1.807, 2.05) is 12.1 Å². The molecule has 0 saturated carbocycles. The Kier molecular flexibility index (Phi) is 4.66. The molecule has 0 aromatic carbocycles. The summed E-state index contributed by atoms with van der Waals surface area (Å²) >= 11 is 0. The van der Waals surface area contributed by atoms with Crippen LogP contribution in [0.15, 0.2) is 22.8 Å². The zero-order valence-electron chi connectivity index (χ0n) is 12.6. The second kappa shape index (κ2) is 6.07. The number of hydrogen-bond acceptors (Lipinski definition) is 4. The van der Waals surface area contributed by atoms with Crippen molar-refractivity contribution in [3.8, 4) is 0 Å². The number of nitrogens with zero attached hydrogens (tertiary/aromatic N) is 2. The van der Waals surface area contributed by atoms with Crippen molar-refractivity contribution in [2.75, 3.05) is 33.2 Å². The van der Waals surface area contributed by atoms with Crippen molar-refractivity contribution in [2.45, 2.75) is 38.9 Å². The van der Waals surface area contributed by atoms with Gasteiger partial charge in [-0.1, -0.05) is 0 Å². The second-order valence-corrected chi connectivity index (χ2v) is 6.26. The van der Waals surface area contributed by atoms with E-state index in [9.17, 15) is 0 Å². The Morgan fingerprint density at radius 1 is 1.42 bits per heavy atom. The molecule has 19 heavy (non-hydrogen) atoms. The average Bonchev–Trinajstić information content (AvgIpc) is 2.85. The van der Waals surface area contributed by atoms with Gasteiger partial charge in [-0.3, -0.25) is 9.80 Å². The lowest BCUT2D eigenvalue weighted by Crippen LogP contribution is -2.60. The Morgan fingerprint density at radius 3 is 2.84 bits per heavy atom. The van der Waals surface area contributed by atoms with Gasteiger partial charge in [-0.15, -0.1) is 0 Å². The number of likely N-dealkylation sites (N-methyl/N-ethyl adjacent to an activating group) is 1. The summed E-state index contributed by atoms with van der Waals surface area (Å²) < 4.78 is 5.33. The molecule has 1 fully saturated rings. The second-order valence-electron chi connectivity index (χ2n) is 6.26. The van der Waals surface area contributed by atoms with Crippen LogP contribution in [0.4, 0.5) is 0 Å². The van der Waals surface area contributed by atoms with Crippen LogP contribution in [0.25, 0.3) is 0 Å². The molecular formula is C15H27N3O. The van der Waals surface area contributed by atoms with Crippen molar-refractivity contribution in [1.82, 2.24) is 15.1 Å². The molecule has 0 aliphatic carbocycles. The van der Waals surface area contributed by atoms with Crippen molar-refractivity contribution in [2.24, 2.45) is 0 Å². The smallest absolute Gasteiger partial charge is 0.117 e. The largest absolute Gasteiger partial charge is 0.468 e. The van der Waals surface area contributed by atoms with Crippen LogP contribution in [0.2, 0.25) is 0 Å². The molecule has 0 amide bonds. The minimum atomic E-state index is 0.271. The van der Waals surface area contributed by atoms with E-state index in [1.165, 1.54) is 0 Å². The van der Waals surface area contributed by atoms with Crippen molar-refractivity contribution < 1.29 is 4.42 Å². The third-order valence-electron chi connectivity index (χ3n) is 4.29. The zero-order chi connectivity index (χ0) is 13.9. The standard InChI is InChI=1S/C15H27N3O/c1-13(10-16-11-14-6-5-9-19-14)18-8-7-17(4)15(2,3)12-18/h5-6,9,13,16H,7-8,10-12H2,1-4H3. The molecule has 1 unspecified atom stereocenters. The van der Waals surface area contributed by atoms with Gasteiger partial charge in [0.05, 0.1) is 12.8 Å². The quantitative estimate of drug-likeness (QED) is 0.879. The third kappa shape index (κ3) is 3.81. The number of hydrogen-bond donors (Lipinski definition) is 1. The van der Waals surface area contributed by atoms with Crippen LogP contribution < -0.4 is 5.32 Å². The van der Waals surface area contributed by atoms with Gasteiger partial charge in [0.2, 0.25) is 0 Å². The highest BCUT2D eigenvalue weighted by molar-refractivity contribution is 4.97. The summed E-state index contributed by atoms with van der Waals surface area (Å²) in [5.41, 5.74) is 0.271. The Balaban J connectivity index is 1.75. The molecule has 1 N–H and O–H groups in total. The van der Waals surface area contributed by atoms with Gasteiger partial charge in [0.1, 0.15) is 5.76 Å². The monoisotopic (exact) mass is 265 g/mol. The molecule has 4 heteroatoms. The summed E-state index contributed by atoms with van der Waals surface area (Å²) in [6.07, 6.45) is 1.73. The van der Waals surface area contributed by atoms with Gasteiger partial charge in [0, 0.05) is 37.8 Å². The molecule has 0 bridgehead atoms. The average molecular weight is 265 g/mol. The molecule has 108 valence electrons. The van der Waals surface area contributed by atoms with E-state index in [0.29, 0.717) is 6.04 Å². The van der Waals surface area contributed by atoms with Gasteiger partial charge in [-0.05, 0) is 40.0 Å². The molecule has 1 atom stereocenters. The summed E-state index contributed by atoms with van der Waals surface area (Å²) in [7, 11) is 2.22. The first-order valence-electron chi connectivity index (χ1n) is 7.17. The Hall–Kier alpha value is -0.840. The highest BCUT2D eigenvalue weighted by atomic mass is 16.3. The number of nitrogens with one attached hydrogen (secondary N) is 1. The van der Waals surface area contributed by atoms with E-state index >= 15 is 0 Å². The van der Waals surface area contributed by atoms with Crippen molar-refractivity contribution >= 4 is 0 Å². The van der Waals surface area contributed by atoms with Crippen LogP contribution in [0.3, 0.4) is 0 Å². The molecule has 1 aromatic heterocycles. The first kappa shape index (κ1) is 14.6. The molecule has 1 aliphatic rings. The summed E-state index contributed by atoms with van der Waals surface area (Å²) in [5.74, 6) is 1.01. The van der Waals surface area contributed by atoms with E-state index in [-0.39, 0.29) is 5.54 Å². The Labute approximate surface area is 116 Å². The zero-order valence-corrected chi connectivity index (χ0v) is 12.6. The van der Waals surface area contributed by atoms with E-state index in [2.05, 4.69) is 42.9 Å². The van der Waals surface area contributed by atoms with E-state index in [4.69, 9.17) is 4.42 Å². The van der Waals surface area contributed by atoms with Crippen LogP contribution in [0.5, 0.6) is 0 Å². The molecule has 2 rings (SSSR count). The van der Waals surface area contributed by atoms with Gasteiger partial charge in [0.25, 0.3) is 0 Å². The SMILES string of the molecule is CC(CNCc1ccco1)N1CCN(C)C(C)(C)C1. The Morgan fingerprint density at radius 2 is 2.21 bits per heavy atom. The minimum absolute atomic E-state index is 0.271. The van der Waals surface area contributed by atoms with E-state index < -0.39 is 0 Å². The lowest BCUT2D eigenvalue weighted by atomic mass is 9.98. The van der Waals surface area contributed by atoms with Crippen molar-refractivity contribution in [3.05, 3.63) is 24.2 Å². The molecular weight excluding hydrogens is 238 g/mol.